The monoisotopic (exact) mass is 397 g/mol. The minimum atomic E-state index is 0.0705. The van der Waals surface area contributed by atoms with Crippen molar-refractivity contribution in [2.75, 3.05) is 26.2 Å². The third kappa shape index (κ3) is 3.17. The van der Waals surface area contributed by atoms with Gasteiger partial charge in [-0.3, -0.25) is 9.59 Å². The Morgan fingerprint density at radius 3 is 2.43 bits per heavy atom. The van der Waals surface area contributed by atoms with Gasteiger partial charge in [0.25, 0.3) is 5.91 Å². The molecule has 1 aliphatic heterocycles. The second-order valence-corrected chi connectivity index (χ2v) is 8.24. The van der Waals surface area contributed by atoms with Gasteiger partial charge in [0.15, 0.2) is 0 Å². The zero-order valence-electron chi connectivity index (χ0n) is 13.3. The highest BCUT2D eigenvalue weighted by atomic mass is 79.9. The van der Waals surface area contributed by atoms with Crippen molar-refractivity contribution in [1.82, 2.24) is 14.4 Å². The summed E-state index contributed by atoms with van der Waals surface area (Å²) in [6.07, 6.45) is 0.982. The first kappa shape index (κ1) is 16.5. The first-order valence-corrected chi connectivity index (χ1v) is 9.45. The minimum Gasteiger partial charge on any atom is -0.339 e. The van der Waals surface area contributed by atoms with Gasteiger partial charge < -0.3 is 14.4 Å². The van der Waals surface area contributed by atoms with Gasteiger partial charge in [0.05, 0.1) is 14.0 Å². The molecule has 2 amide bonds. The molecule has 0 radical (unpaired) electrons. The highest BCUT2D eigenvalue weighted by molar-refractivity contribution is 9.11. The van der Waals surface area contributed by atoms with Crippen molar-refractivity contribution in [3.8, 4) is 0 Å². The summed E-state index contributed by atoms with van der Waals surface area (Å²) in [7, 11) is 0. The number of halogens is 1. The molecule has 1 saturated heterocycles. The zero-order chi connectivity index (χ0) is 16.6. The number of hydrogen-bond acceptors (Lipinski definition) is 3. The summed E-state index contributed by atoms with van der Waals surface area (Å²) in [5.74, 6) is 0.151. The molecule has 0 aromatic carbocycles. The number of thiophene rings is 1. The lowest BCUT2D eigenvalue weighted by Gasteiger charge is -2.34. The average Bonchev–Trinajstić information content (AvgIpc) is 3.04. The molecular weight excluding hydrogens is 378 g/mol. The Hall–Kier alpha value is -1.34. The summed E-state index contributed by atoms with van der Waals surface area (Å²) in [6.45, 7) is 6.98. The summed E-state index contributed by atoms with van der Waals surface area (Å²) >= 11 is 5.17. The summed E-state index contributed by atoms with van der Waals surface area (Å²) in [6, 6.07) is 4.08. The second kappa shape index (κ2) is 6.65. The van der Waals surface area contributed by atoms with Crippen molar-refractivity contribution < 1.29 is 9.59 Å². The van der Waals surface area contributed by atoms with Gasteiger partial charge in [0.2, 0.25) is 5.91 Å². The number of rotatable bonds is 3. The van der Waals surface area contributed by atoms with Crippen molar-refractivity contribution in [1.29, 1.82) is 0 Å². The largest absolute Gasteiger partial charge is 0.339 e. The summed E-state index contributed by atoms with van der Waals surface area (Å²) < 4.78 is 4.34. The number of hydrogen-bond donors (Lipinski definition) is 0. The van der Waals surface area contributed by atoms with E-state index in [1.807, 2.05) is 11.0 Å². The van der Waals surface area contributed by atoms with Crippen LogP contribution in [-0.2, 0) is 11.3 Å². The van der Waals surface area contributed by atoms with Crippen molar-refractivity contribution in [3.63, 3.8) is 0 Å². The number of nitrogens with zero attached hydrogens (tertiary/aromatic N) is 3. The molecule has 0 N–H and O–H groups in total. The highest BCUT2D eigenvalue weighted by Gasteiger charge is 2.26. The normalized spacial score (nSPS) is 15.4. The van der Waals surface area contributed by atoms with Crippen LogP contribution >= 0.6 is 27.3 Å². The van der Waals surface area contributed by atoms with E-state index < -0.39 is 0 Å². The quantitative estimate of drug-likeness (QED) is 0.797. The first-order chi connectivity index (χ1) is 11.0. The lowest BCUT2D eigenvalue weighted by molar-refractivity contribution is -0.130. The molecule has 1 fully saturated rings. The number of piperazine rings is 1. The Morgan fingerprint density at radius 2 is 1.83 bits per heavy atom. The molecule has 3 heterocycles. The maximum Gasteiger partial charge on any atom is 0.270 e. The van der Waals surface area contributed by atoms with Crippen LogP contribution in [0.15, 0.2) is 15.9 Å². The van der Waals surface area contributed by atoms with E-state index in [4.69, 9.17) is 0 Å². The molecule has 1 aliphatic rings. The zero-order valence-corrected chi connectivity index (χ0v) is 15.7. The molecule has 5 nitrogen and oxygen atoms in total. The smallest absolute Gasteiger partial charge is 0.270 e. The average molecular weight is 398 g/mol. The van der Waals surface area contributed by atoms with Crippen LogP contribution in [0.3, 0.4) is 0 Å². The number of aryl methyl sites for hydroxylation is 1. The van der Waals surface area contributed by atoms with Crippen LogP contribution in [0, 0.1) is 0 Å². The maximum absolute atomic E-state index is 12.9. The predicted molar refractivity (Wildman–Crippen MR) is 96.0 cm³/mol. The van der Waals surface area contributed by atoms with Crippen LogP contribution in [-0.4, -0.2) is 52.4 Å². The molecule has 0 spiro atoms. The van der Waals surface area contributed by atoms with Gasteiger partial charge in [0.1, 0.15) is 5.69 Å². The van der Waals surface area contributed by atoms with Gasteiger partial charge in [-0.1, -0.05) is 6.92 Å². The second-order valence-electron chi connectivity index (χ2n) is 5.78. The fourth-order valence-corrected chi connectivity index (χ4v) is 4.60. The van der Waals surface area contributed by atoms with Gasteiger partial charge in [-0.25, -0.2) is 0 Å². The van der Waals surface area contributed by atoms with Crippen LogP contribution in [0.4, 0.5) is 0 Å². The van der Waals surface area contributed by atoms with Gasteiger partial charge in [-0.2, -0.15) is 0 Å². The number of fused-ring (bicyclic) bond motifs is 1. The summed E-state index contributed by atoms with van der Waals surface area (Å²) in [5.41, 5.74) is 1.88. The van der Waals surface area contributed by atoms with E-state index in [1.165, 1.54) is 0 Å². The van der Waals surface area contributed by atoms with Crippen LogP contribution in [0.5, 0.6) is 0 Å². The first-order valence-electron chi connectivity index (χ1n) is 7.84. The lowest BCUT2D eigenvalue weighted by atomic mass is 10.2. The van der Waals surface area contributed by atoms with E-state index >= 15 is 0 Å². The van der Waals surface area contributed by atoms with E-state index in [0.717, 1.165) is 32.7 Å². The Labute approximate surface area is 148 Å². The Bertz CT molecular complexity index is 744. The Morgan fingerprint density at radius 1 is 1.17 bits per heavy atom. The standard InChI is InChI=1S/C16H20BrN3O2S/c1-3-4-20-12-10-15(17)23-14(12)9-13(20)16(22)19-7-5-18(6-8-19)11(2)21/h9-10H,3-8H2,1-2H3. The maximum atomic E-state index is 12.9. The van der Waals surface area contributed by atoms with Crippen LogP contribution in [0.1, 0.15) is 30.8 Å². The van der Waals surface area contributed by atoms with E-state index in [1.54, 1.807) is 23.2 Å². The van der Waals surface area contributed by atoms with E-state index in [0.29, 0.717) is 26.2 Å². The predicted octanol–water partition coefficient (Wildman–Crippen LogP) is 3.18. The molecule has 0 unspecified atom stereocenters. The molecule has 2 aromatic heterocycles. The minimum absolute atomic E-state index is 0.0705. The summed E-state index contributed by atoms with van der Waals surface area (Å²) in [5, 5.41) is 0. The van der Waals surface area contributed by atoms with Crippen LogP contribution in [0.2, 0.25) is 0 Å². The van der Waals surface area contributed by atoms with Crippen molar-refractivity contribution in [2.45, 2.75) is 26.8 Å². The van der Waals surface area contributed by atoms with Gasteiger partial charge >= 0.3 is 0 Å². The van der Waals surface area contributed by atoms with Crippen molar-refractivity contribution in [2.24, 2.45) is 0 Å². The Balaban J connectivity index is 1.85. The molecule has 2 aromatic rings. The van der Waals surface area contributed by atoms with E-state index in [2.05, 4.69) is 33.5 Å². The summed E-state index contributed by atoms with van der Waals surface area (Å²) in [4.78, 5) is 28.0. The van der Waals surface area contributed by atoms with Gasteiger partial charge in [0, 0.05) is 39.6 Å². The molecular formula is C16H20BrN3O2S. The van der Waals surface area contributed by atoms with Gasteiger partial charge in [-0.05, 0) is 34.5 Å². The molecule has 0 bridgehead atoms. The Kier molecular flexibility index (Phi) is 4.77. The molecule has 3 rings (SSSR count). The highest BCUT2D eigenvalue weighted by Crippen LogP contribution is 2.33. The topological polar surface area (TPSA) is 45.6 Å². The number of carbonyl (C=O) groups excluding carboxylic acids is 2. The molecule has 0 saturated carbocycles. The van der Waals surface area contributed by atoms with Crippen LogP contribution in [0.25, 0.3) is 10.2 Å². The molecule has 0 atom stereocenters. The lowest BCUT2D eigenvalue weighted by Crippen LogP contribution is -2.50. The van der Waals surface area contributed by atoms with E-state index in [9.17, 15) is 9.59 Å². The number of amides is 2. The molecule has 7 heteroatoms. The van der Waals surface area contributed by atoms with Crippen molar-refractivity contribution >= 4 is 49.3 Å². The third-order valence-corrected chi connectivity index (χ3v) is 5.81. The molecule has 124 valence electrons. The fraction of sp³-hybridized carbons (Fsp3) is 0.500. The van der Waals surface area contributed by atoms with Crippen LogP contribution < -0.4 is 0 Å². The van der Waals surface area contributed by atoms with Gasteiger partial charge in [-0.15, -0.1) is 11.3 Å². The van der Waals surface area contributed by atoms with Crippen molar-refractivity contribution in [3.05, 3.63) is 21.6 Å². The fourth-order valence-electron chi connectivity index (χ4n) is 3.04. The SMILES string of the molecule is CCCn1c(C(=O)N2CCN(C(C)=O)CC2)cc2sc(Br)cc21. The number of aromatic nitrogens is 1. The third-order valence-electron chi connectivity index (χ3n) is 4.24. The molecule has 0 aliphatic carbocycles. The molecule has 23 heavy (non-hydrogen) atoms. The van der Waals surface area contributed by atoms with E-state index in [-0.39, 0.29) is 11.8 Å². The number of carbonyl (C=O) groups is 2.